The van der Waals surface area contributed by atoms with Gasteiger partial charge in [-0.1, -0.05) is 12.1 Å². The highest BCUT2D eigenvalue weighted by Gasteiger charge is 2.12. The Morgan fingerprint density at radius 3 is 2.83 bits per heavy atom. The molecule has 1 aromatic carbocycles. The van der Waals surface area contributed by atoms with E-state index in [9.17, 15) is 9.59 Å². The zero-order valence-electron chi connectivity index (χ0n) is 12.8. The van der Waals surface area contributed by atoms with Crippen LogP contribution in [-0.2, 0) is 11.4 Å². The molecule has 1 aromatic heterocycles. The number of nitrogens with one attached hydrogen (secondary N) is 1. The molecule has 0 saturated heterocycles. The van der Waals surface area contributed by atoms with Crippen LogP contribution in [-0.4, -0.2) is 23.0 Å². The van der Waals surface area contributed by atoms with Crippen molar-refractivity contribution in [3.63, 3.8) is 0 Å². The van der Waals surface area contributed by atoms with Gasteiger partial charge in [0, 0.05) is 22.9 Å². The second-order valence-electron chi connectivity index (χ2n) is 5.20. The summed E-state index contributed by atoms with van der Waals surface area (Å²) < 4.78 is 5.68. The number of carbonyl (C=O) groups is 2. The molecule has 0 aliphatic carbocycles. The highest BCUT2D eigenvalue weighted by Crippen LogP contribution is 2.17. The van der Waals surface area contributed by atoms with E-state index in [1.807, 2.05) is 17.5 Å². The average molecular weight is 333 g/mol. The van der Waals surface area contributed by atoms with E-state index in [2.05, 4.69) is 5.32 Å². The Balaban J connectivity index is 1.90. The van der Waals surface area contributed by atoms with E-state index in [4.69, 9.17) is 9.84 Å². The summed E-state index contributed by atoms with van der Waals surface area (Å²) >= 11 is 1.62. The first-order valence-electron chi connectivity index (χ1n) is 7.32. The Morgan fingerprint density at radius 1 is 1.30 bits per heavy atom. The maximum Gasteiger partial charge on any atom is 0.303 e. The Kier molecular flexibility index (Phi) is 6.17. The number of ether oxygens (including phenoxy) is 1. The molecule has 0 spiro atoms. The molecule has 2 N–H and O–H groups in total. The van der Waals surface area contributed by atoms with Crippen LogP contribution in [0.2, 0.25) is 0 Å². The number of thiophene rings is 1. The van der Waals surface area contributed by atoms with Crippen molar-refractivity contribution in [1.82, 2.24) is 5.32 Å². The Morgan fingerprint density at radius 2 is 2.13 bits per heavy atom. The minimum Gasteiger partial charge on any atom is -0.488 e. The number of rotatable bonds is 8. The molecule has 0 aliphatic heterocycles. The molecule has 23 heavy (non-hydrogen) atoms. The lowest BCUT2D eigenvalue weighted by Crippen LogP contribution is -2.32. The van der Waals surface area contributed by atoms with Crippen molar-refractivity contribution in [3.05, 3.63) is 52.2 Å². The maximum atomic E-state index is 12.2. The molecular weight excluding hydrogens is 314 g/mol. The Labute approximate surface area is 138 Å². The molecule has 6 heteroatoms. The SMILES string of the molecule is CC(CCC(=O)O)NC(=O)c1cccc(OCc2cccs2)c1. The van der Waals surface area contributed by atoms with Crippen LogP contribution in [0.4, 0.5) is 0 Å². The van der Waals surface area contributed by atoms with Crippen LogP contribution in [0.5, 0.6) is 5.75 Å². The topological polar surface area (TPSA) is 75.6 Å². The Bertz CT molecular complexity index is 654. The van der Waals surface area contributed by atoms with Gasteiger partial charge in [-0.05, 0) is 43.0 Å². The summed E-state index contributed by atoms with van der Waals surface area (Å²) in [6.45, 7) is 2.26. The number of benzene rings is 1. The molecule has 0 radical (unpaired) electrons. The minimum atomic E-state index is -0.866. The normalized spacial score (nSPS) is 11.7. The summed E-state index contributed by atoms with van der Waals surface area (Å²) in [7, 11) is 0. The van der Waals surface area contributed by atoms with Gasteiger partial charge in [-0.2, -0.15) is 0 Å². The molecule has 0 fully saturated rings. The van der Waals surface area contributed by atoms with Crippen molar-refractivity contribution in [2.75, 3.05) is 0 Å². The standard InChI is InChI=1S/C17H19NO4S/c1-12(7-8-16(19)20)18-17(21)13-4-2-5-14(10-13)22-11-15-6-3-9-23-15/h2-6,9-10,12H,7-8,11H2,1H3,(H,18,21)(H,19,20). The number of aliphatic carboxylic acids is 1. The monoisotopic (exact) mass is 333 g/mol. The van der Waals surface area contributed by atoms with Gasteiger partial charge in [0.2, 0.25) is 0 Å². The summed E-state index contributed by atoms with van der Waals surface area (Å²) in [5, 5.41) is 13.4. The number of carboxylic acids is 1. The molecule has 5 nitrogen and oxygen atoms in total. The number of hydrogen-bond donors (Lipinski definition) is 2. The molecule has 122 valence electrons. The van der Waals surface area contributed by atoms with Gasteiger partial charge in [0.1, 0.15) is 12.4 Å². The van der Waals surface area contributed by atoms with E-state index in [0.29, 0.717) is 24.3 Å². The third kappa shape index (κ3) is 5.75. The van der Waals surface area contributed by atoms with Gasteiger partial charge in [-0.25, -0.2) is 0 Å². The second kappa shape index (κ2) is 8.33. The van der Waals surface area contributed by atoms with Gasteiger partial charge in [-0.15, -0.1) is 11.3 Å². The van der Waals surface area contributed by atoms with Crippen LogP contribution in [0.1, 0.15) is 35.0 Å². The maximum absolute atomic E-state index is 12.2. The average Bonchev–Trinajstić information content (AvgIpc) is 3.04. The van der Waals surface area contributed by atoms with Crippen molar-refractivity contribution < 1.29 is 19.4 Å². The molecule has 1 heterocycles. The van der Waals surface area contributed by atoms with Gasteiger partial charge >= 0.3 is 5.97 Å². The summed E-state index contributed by atoms with van der Waals surface area (Å²) in [5.74, 6) is -0.469. The number of carbonyl (C=O) groups excluding carboxylic acids is 1. The van der Waals surface area contributed by atoms with E-state index >= 15 is 0 Å². The first-order chi connectivity index (χ1) is 11.0. The molecule has 0 saturated carbocycles. The summed E-state index contributed by atoms with van der Waals surface area (Å²) in [4.78, 5) is 23.8. The fourth-order valence-corrected chi connectivity index (χ4v) is 2.61. The van der Waals surface area contributed by atoms with E-state index in [-0.39, 0.29) is 18.4 Å². The van der Waals surface area contributed by atoms with Crippen LogP contribution in [0, 0.1) is 0 Å². The van der Waals surface area contributed by atoms with Crippen LogP contribution < -0.4 is 10.1 Å². The van der Waals surface area contributed by atoms with Gasteiger partial charge in [0.25, 0.3) is 5.91 Å². The molecule has 2 rings (SSSR count). The lowest BCUT2D eigenvalue weighted by atomic mass is 10.1. The number of hydrogen-bond acceptors (Lipinski definition) is 4. The first-order valence-corrected chi connectivity index (χ1v) is 8.20. The summed E-state index contributed by atoms with van der Waals surface area (Å²) in [6.07, 6.45) is 0.432. The van der Waals surface area contributed by atoms with Crippen molar-refractivity contribution >= 4 is 23.2 Å². The van der Waals surface area contributed by atoms with Crippen LogP contribution in [0.15, 0.2) is 41.8 Å². The third-order valence-corrected chi connectivity index (χ3v) is 4.08. The minimum absolute atomic E-state index is 0.0331. The van der Waals surface area contributed by atoms with Crippen molar-refractivity contribution in [2.24, 2.45) is 0 Å². The molecule has 1 atom stereocenters. The third-order valence-electron chi connectivity index (χ3n) is 3.23. The van der Waals surface area contributed by atoms with Crippen LogP contribution in [0.25, 0.3) is 0 Å². The van der Waals surface area contributed by atoms with Crippen molar-refractivity contribution in [1.29, 1.82) is 0 Å². The van der Waals surface area contributed by atoms with E-state index < -0.39 is 5.97 Å². The molecule has 1 amide bonds. The largest absolute Gasteiger partial charge is 0.488 e. The molecule has 1 unspecified atom stereocenters. The highest BCUT2D eigenvalue weighted by atomic mass is 32.1. The van der Waals surface area contributed by atoms with E-state index in [1.54, 1.807) is 42.5 Å². The summed E-state index contributed by atoms with van der Waals surface area (Å²) in [6, 6.07) is 10.7. The predicted molar refractivity (Wildman–Crippen MR) is 88.9 cm³/mol. The number of amides is 1. The predicted octanol–water partition coefficient (Wildman–Crippen LogP) is 3.31. The van der Waals surface area contributed by atoms with Gasteiger partial charge in [-0.3, -0.25) is 9.59 Å². The van der Waals surface area contributed by atoms with Gasteiger partial charge in [0.05, 0.1) is 0 Å². The van der Waals surface area contributed by atoms with E-state index in [0.717, 1.165) is 4.88 Å². The fourth-order valence-electron chi connectivity index (χ4n) is 2.00. The smallest absolute Gasteiger partial charge is 0.303 e. The summed E-state index contributed by atoms with van der Waals surface area (Å²) in [5.41, 5.74) is 0.496. The molecular formula is C17H19NO4S. The fraction of sp³-hybridized carbons (Fsp3) is 0.294. The quantitative estimate of drug-likeness (QED) is 0.777. The van der Waals surface area contributed by atoms with Crippen molar-refractivity contribution in [3.8, 4) is 5.75 Å². The van der Waals surface area contributed by atoms with Crippen LogP contribution >= 0.6 is 11.3 Å². The van der Waals surface area contributed by atoms with E-state index in [1.165, 1.54) is 0 Å². The lowest BCUT2D eigenvalue weighted by Gasteiger charge is -2.13. The molecule has 0 bridgehead atoms. The van der Waals surface area contributed by atoms with Crippen molar-refractivity contribution in [2.45, 2.75) is 32.4 Å². The first kappa shape index (κ1) is 17.0. The van der Waals surface area contributed by atoms with Gasteiger partial charge in [0.15, 0.2) is 0 Å². The second-order valence-corrected chi connectivity index (χ2v) is 6.24. The van der Waals surface area contributed by atoms with Crippen LogP contribution in [0.3, 0.4) is 0 Å². The Hall–Kier alpha value is -2.34. The lowest BCUT2D eigenvalue weighted by molar-refractivity contribution is -0.137. The van der Waals surface area contributed by atoms with Gasteiger partial charge < -0.3 is 15.2 Å². The molecule has 2 aromatic rings. The zero-order valence-corrected chi connectivity index (χ0v) is 13.6. The molecule has 0 aliphatic rings. The number of carboxylic acid groups (broad SMARTS) is 1. The highest BCUT2D eigenvalue weighted by molar-refractivity contribution is 7.09. The zero-order chi connectivity index (χ0) is 16.7.